The van der Waals surface area contributed by atoms with E-state index in [4.69, 9.17) is 16.2 Å². The minimum Gasteiger partial charge on any atom is -0.495 e. The summed E-state index contributed by atoms with van der Waals surface area (Å²) in [5.41, 5.74) is 17.8. The molecule has 0 saturated heterocycles. The third-order valence-corrected chi connectivity index (χ3v) is 5.28. The zero-order valence-corrected chi connectivity index (χ0v) is 16.0. The van der Waals surface area contributed by atoms with Crippen molar-refractivity contribution in [3.8, 4) is 5.75 Å². The Morgan fingerprint density at radius 2 is 1.39 bits per heavy atom. The van der Waals surface area contributed by atoms with Gasteiger partial charge >= 0.3 is 0 Å². The number of nitrogens with two attached hydrogens (primary N) is 2. The van der Waals surface area contributed by atoms with E-state index in [0.717, 1.165) is 17.0 Å². The molecule has 4 N–H and O–H groups in total. The number of anilines is 1. The van der Waals surface area contributed by atoms with E-state index in [2.05, 4.69) is 40.1 Å². The fraction of sp³-hybridized carbons (Fsp3) is 0.217. The fourth-order valence-corrected chi connectivity index (χ4v) is 3.84. The van der Waals surface area contributed by atoms with Crippen LogP contribution >= 0.6 is 0 Å². The van der Waals surface area contributed by atoms with E-state index in [1.165, 1.54) is 11.1 Å². The van der Waals surface area contributed by atoms with Gasteiger partial charge in [0.05, 0.1) is 19.0 Å². The van der Waals surface area contributed by atoms with Crippen LogP contribution in [0.2, 0.25) is 0 Å². The van der Waals surface area contributed by atoms with Crippen LogP contribution in [0.5, 0.6) is 5.75 Å². The molecule has 28 heavy (non-hydrogen) atoms. The predicted molar refractivity (Wildman–Crippen MR) is 113 cm³/mol. The molecular formula is C23H26N4O. The number of hydrogen-bond acceptors (Lipinski definition) is 5. The highest BCUT2D eigenvalue weighted by molar-refractivity contribution is 5.67. The summed E-state index contributed by atoms with van der Waals surface area (Å²) in [7, 11) is 1.68. The lowest BCUT2D eigenvalue weighted by molar-refractivity contribution is 0.111. The van der Waals surface area contributed by atoms with Crippen LogP contribution in [-0.2, 0) is 13.1 Å². The van der Waals surface area contributed by atoms with Crippen LogP contribution in [0.15, 0.2) is 78.9 Å². The summed E-state index contributed by atoms with van der Waals surface area (Å²) in [5.74, 6) is 0.790. The van der Waals surface area contributed by atoms with Crippen LogP contribution in [-0.4, -0.2) is 18.3 Å². The first-order chi connectivity index (χ1) is 13.7. The van der Waals surface area contributed by atoms with E-state index >= 15 is 0 Å². The number of ether oxygens (including phenoxy) is 1. The molecule has 2 atom stereocenters. The van der Waals surface area contributed by atoms with Crippen LogP contribution in [0.3, 0.4) is 0 Å². The van der Waals surface area contributed by atoms with Gasteiger partial charge in [-0.25, -0.2) is 4.90 Å². The maximum absolute atomic E-state index is 6.76. The molecular weight excluding hydrogens is 348 g/mol. The number of fused-ring (bicyclic) bond motifs is 1. The molecule has 2 unspecified atom stereocenters. The molecule has 0 radical (unpaired) electrons. The van der Waals surface area contributed by atoms with Crippen molar-refractivity contribution < 1.29 is 4.74 Å². The average Bonchev–Trinajstić information content (AvgIpc) is 2.75. The molecule has 0 aliphatic carbocycles. The Hall–Kier alpha value is -2.86. The summed E-state index contributed by atoms with van der Waals surface area (Å²) in [6.07, 6.45) is -0.688. The molecule has 0 saturated carbocycles. The van der Waals surface area contributed by atoms with Gasteiger partial charge in [0.15, 0.2) is 0 Å². The van der Waals surface area contributed by atoms with Gasteiger partial charge in [-0.2, -0.15) is 0 Å². The lowest BCUT2D eigenvalue weighted by Crippen LogP contribution is -2.59. The third-order valence-electron chi connectivity index (χ3n) is 5.28. The number of hydrogen-bond donors (Lipinski definition) is 2. The zero-order chi connectivity index (χ0) is 19.5. The normalized spacial score (nSPS) is 19.3. The molecule has 0 bridgehead atoms. The van der Waals surface area contributed by atoms with Gasteiger partial charge in [-0.1, -0.05) is 72.8 Å². The molecule has 5 heteroatoms. The van der Waals surface area contributed by atoms with Crippen molar-refractivity contribution in [2.75, 3.05) is 12.0 Å². The number of rotatable bonds is 5. The SMILES string of the molecule is COc1cccc2c1N(Cc1ccccc1)C(N)N(Cc1ccccc1)C2N. The van der Waals surface area contributed by atoms with Crippen LogP contribution in [0, 0.1) is 0 Å². The Morgan fingerprint density at radius 3 is 2.00 bits per heavy atom. The van der Waals surface area contributed by atoms with Crippen molar-refractivity contribution in [2.45, 2.75) is 25.5 Å². The summed E-state index contributed by atoms with van der Waals surface area (Å²) in [4.78, 5) is 4.30. The fourth-order valence-electron chi connectivity index (χ4n) is 3.84. The lowest BCUT2D eigenvalue weighted by Gasteiger charge is -2.47. The Morgan fingerprint density at radius 1 is 0.786 bits per heavy atom. The monoisotopic (exact) mass is 374 g/mol. The van der Waals surface area contributed by atoms with Crippen molar-refractivity contribution in [1.82, 2.24) is 4.90 Å². The molecule has 1 aliphatic rings. The molecule has 4 rings (SSSR count). The van der Waals surface area contributed by atoms with Crippen LogP contribution < -0.4 is 21.1 Å². The van der Waals surface area contributed by atoms with Crippen molar-refractivity contribution in [1.29, 1.82) is 0 Å². The first kappa shape index (κ1) is 18.5. The van der Waals surface area contributed by atoms with E-state index in [1.807, 2.05) is 48.5 Å². The summed E-state index contributed by atoms with van der Waals surface area (Å²) < 4.78 is 5.66. The largest absolute Gasteiger partial charge is 0.495 e. The maximum atomic E-state index is 6.76. The lowest BCUT2D eigenvalue weighted by atomic mass is 10.0. The zero-order valence-electron chi connectivity index (χ0n) is 16.0. The Balaban J connectivity index is 1.75. The van der Waals surface area contributed by atoms with E-state index in [9.17, 15) is 0 Å². The highest BCUT2D eigenvalue weighted by Gasteiger charge is 2.37. The van der Waals surface area contributed by atoms with Gasteiger partial charge in [-0.05, 0) is 17.2 Å². The second-order valence-corrected chi connectivity index (χ2v) is 7.03. The summed E-state index contributed by atoms with van der Waals surface area (Å²) in [6, 6.07) is 26.6. The molecule has 1 heterocycles. The summed E-state index contributed by atoms with van der Waals surface area (Å²) in [5, 5.41) is 0. The van der Waals surface area contributed by atoms with E-state index in [-0.39, 0.29) is 12.5 Å². The average molecular weight is 374 g/mol. The van der Waals surface area contributed by atoms with Gasteiger partial charge in [0.1, 0.15) is 12.0 Å². The van der Waals surface area contributed by atoms with Crippen LogP contribution in [0.4, 0.5) is 5.69 Å². The quantitative estimate of drug-likeness (QED) is 0.716. The molecule has 1 aliphatic heterocycles. The highest BCUT2D eigenvalue weighted by Crippen LogP contribution is 2.42. The maximum Gasteiger partial charge on any atom is 0.142 e. The number of nitrogens with zero attached hydrogens (tertiary/aromatic N) is 2. The van der Waals surface area contributed by atoms with E-state index in [1.54, 1.807) is 7.11 Å². The van der Waals surface area contributed by atoms with Gasteiger partial charge in [0, 0.05) is 18.7 Å². The third kappa shape index (κ3) is 3.47. The molecule has 0 spiro atoms. The Bertz CT molecular complexity index is 916. The Labute approximate surface area is 166 Å². The topological polar surface area (TPSA) is 67.8 Å². The smallest absolute Gasteiger partial charge is 0.142 e. The Kier molecular flexibility index (Phi) is 5.30. The molecule has 0 amide bonds. The van der Waals surface area contributed by atoms with Crippen molar-refractivity contribution >= 4 is 5.69 Å². The van der Waals surface area contributed by atoms with E-state index < -0.39 is 0 Å². The minimum absolute atomic E-state index is 0.313. The summed E-state index contributed by atoms with van der Waals surface area (Å²) in [6.45, 7) is 1.35. The van der Waals surface area contributed by atoms with Crippen LogP contribution in [0.1, 0.15) is 22.9 Å². The molecule has 3 aromatic carbocycles. The molecule has 144 valence electrons. The number of benzene rings is 3. The van der Waals surface area contributed by atoms with Crippen LogP contribution in [0.25, 0.3) is 0 Å². The number of para-hydroxylation sites is 1. The molecule has 3 aromatic rings. The highest BCUT2D eigenvalue weighted by atomic mass is 16.5. The van der Waals surface area contributed by atoms with Gasteiger partial charge in [0.25, 0.3) is 0 Å². The standard InChI is InChI=1S/C23H26N4O/c1-28-20-14-8-13-19-21(20)26(15-17-9-4-2-5-10-17)23(25)27(22(19)24)16-18-11-6-3-7-12-18/h2-14,22-23H,15-16,24-25H2,1H3. The van der Waals surface area contributed by atoms with Gasteiger partial charge < -0.3 is 15.4 Å². The van der Waals surface area contributed by atoms with Gasteiger partial charge in [0.2, 0.25) is 0 Å². The molecule has 0 fully saturated rings. The predicted octanol–water partition coefficient (Wildman–Crippen LogP) is 3.42. The van der Waals surface area contributed by atoms with Crippen molar-refractivity contribution in [3.05, 3.63) is 95.6 Å². The molecule has 5 nitrogen and oxygen atoms in total. The van der Waals surface area contributed by atoms with Crippen molar-refractivity contribution in [3.63, 3.8) is 0 Å². The van der Waals surface area contributed by atoms with Gasteiger partial charge in [-0.3, -0.25) is 5.73 Å². The molecule has 0 aromatic heterocycles. The van der Waals surface area contributed by atoms with E-state index in [0.29, 0.717) is 13.1 Å². The van der Waals surface area contributed by atoms with Crippen molar-refractivity contribution in [2.24, 2.45) is 11.5 Å². The van der Waals surface area contributed by atoms with Gasteiger partial charge in [-0.15, -0.1) is 0 Å². The number of methoxy groups -OCH3 is 1. The second-order valence-electron chi connectivity index (χ2n) is 7.03. The first-order valence-electron chi connectivity index (χ1n) is 9.47. The second kappa shape index (κ2) is 8.02. The summed E-state index contributed by atoms with van der Waals surface area (Å²) >= 11 is 0. The minimum atomic E-state index is -0.376. The first-order valence-corrected chi connectivity index (χ1v) is 9.47.